The number of esters is 1. The number of rotatable bonds is 12. The van der Waals surface area contributed by atoms with Crippen molar-refractivity contribution in [3.63, 3.8) is 0 Å². The van der Waals surface area contributed by atoms with Crippen LogP contribution in [-0.2, 0) is 27.8 Å². The van der Waals surface area contributed by atoms with E-state index in [4.69, 9.17) is 4.74 Å². The molecule has 2 aromatic carbocycles. The molecule has 2 heterocycles. The molecule has 9 heteroatoms. The third-order valence-electron chi connectivity index (χ3n) is 7.27. The fraction of sp³-hybridized carbons (Fsp3) is 0.444. The van der Waals surface area contributed by atoms with Crippen molar-refractivity contribution in [3.05, 3.63) is 82.6 Å². The van der Waals surface area contributed by atoms with Crippen LogP contribution >= 0.6 is 11.3 Å². The van der Waals surface area contributed by atoms with Gasteiger partial charge in [0.2, 0.25) is 0 Å². The zero-order chi connectivity index (χ0) is 32.6. The molecule has 0 aliphatic rings. The van der Waals surface area contributed by atoms with Crippen LogP contribution < -0.4 is 5.32 Å². The summed E-state index contributed by atoms with van der Waals surface area (Å²) >= 11 is 1.59. The van der Waals surface area contributed by atoms with Gasteiger partial charge in [-0.2, -0.15) is 0 Å². The molecule has 4 rings (SSSR count). The van der Waals surface area contributed by atoms with Gasteiger partial charge in [-0.25, -0.2) is 14.8 Å². The Morgan fingerprint density at radius 1 is 0.844 bits per heavy atom. The highest BCUT2D eigenvalue weighted by Crippen LogP contribution is 2.26. The summed E-state index contributed by atoms with van der Waals surface area (Å²) in [6, 6.07) is 14.3. The van der Waals surface area contributed by atoms with Gasteiger partial charge in [0.15, 0.2) is 10.8 Å². The minimum atomic E-state index is -0.858. The van der Waals surface area contributed by atoms with Crippen molar-refractivity contribution in [2.75, 3.05) is 0 Å². The second-order valence-electron chi connectivity index (χ2n) is 13.4. The standard InChI is InChI=1S/C36H45N5O3S/c1-8-9-10-11-12-30-40-41-33(45-30)27-22-37-31(38-23-27)25-15-13-24(14-16-25)21-29(34(43)44-36(5,6)7)39-32(42)26-17-19-28(20-18-26)35(2,3)4/h13-20,22-23,29H,8-12,21H2,1-7H3,(H,39,42). The van der Waals surface area contributed by atoms with E-state index in [1.54, 1.807) is 35.9 Å². The SMILES string of the molecule is CCCCCCc1nnc(-c2cnc(-c3ccc(CC(NC(=O)c4ccc(C(C)(C)C)cc4)C(=O)OC(C)(C)C)cc3)nc2)s1. The van der Waals surface area contributed by atoms with E-state index in [1.807, 2.05) is 57.2 Å². The number of nitrogens with zero attached hydrogens (tertiary/aromatic N) is 4. The number of nitrogens with one attached hydrogen (secondary N) is 1. The van der Waals surface area contributed by atoms with Crippen molar-refractivity contribution in [3.8, 4) is 22.0 Å². The minimum Gasteiger partial charge on any atom is -0.458 e. The van der Waals surface area contributed by atoms with Gasteiger partial charge in [-0.15, -0.1) is 10.2 Å². The van der Waals surface area contributed by atoms with Crippen molar-refractivity contribution in [2.45, 2.75) is 104 Å². The lowest BCUT2D eigenvalue weighted by atomic mass is 9.86. The summed E-state index contributed by atoms with van der Waals surface area (Å²) in [5.41, 5.74) is 3.46. The van der Waals surface area contributed by atoms with Crippen LogP contribution in [0.4, 0.5) is 0 Å². The first-order chi connectivity index (χ1) is 21.3. The Hall–Kier alpha value is -3.98. The van der Waals surface area contributed by atoms with E-state index < -0.39 is 17.6 Å². The Labute approximate surface area is 271 Å². The molecule has 0 spiro atoms. The Kier molecular flexibility index (Phi) is 11.2. The summed E-state index contributed by atoms with van der Waals surface area (Å²) in [6.07, 6.45) is 9.58. The molecular weight excluding hydrogens is 582 g/mol. The number of aromatic nitrogens is 4. The highest BCUT2D eigenvalue weighted by atomic mass is 32.1. The maximum Gasteiger partial charge on any atom is 0.329 e. The summed E-state index contributed by atoms with van der Waals surface area (Å²) in [5, 5.41) is 13.4. The maximum atomic E-state index is 13.2. The first kappa shape index (κ1) is 33.9. The molecule has 1 unspecified atom stereocenters. The van der Waals surface area contributed by atoms with E-state index in [0.717, 1.165) is 45.1 Å². The molecule has 0 fully saturated rings. The lowest BCUT2D eigenvalue weighted by molar-refractivity contribution is -0.157. The van der Waals surface area contributed by atoms with Crippen LogP contribution in [0.1, 0.15) is 101 Å². The average molecular weight is 628 g/mol. The molecule has 4 aromatic rings. The van der Waals surface area contributed by atoms with Crippen LogP contribution in [0.3, 0.4) is 0 Å². The summed E-state index contributed by atoms with van der Waals surface area (Å²) in [5.74, 6) is -0.216. The lowest BCUT2D eigenvalue weighted by Gasteiger charge is -2.25. The second-order valence-corrected chi connectivity index (χ2v) is 14.5. The predicted octanol–water partition coefficient (Wildman–Crippen LogP) is 7.77. The molecule has 0 bridgehead atoms. The fourth-order valence-electron chi connectivity index (χ4n) is 4.72. The summed E-state index contributed by atoms with van der Waals surface area (Å²) in [7, 11) is 0. The quantitative estimate of drug-likeness (QED) is 0.126. The Bertz CT molecular complexity index is 1550. The molecule has 1 N–H and O–H groups in total. The van der Waals surface area contributed by atoms with Gasteiger partial charge >= 0.3 is 5.97 Å². The van der Waals surface area contributed by atoms with Crippen LogP contribution in [0.25, 0.3) is 22.0 Å². The molecule has 0 saturated carbocycles. The van der Waals surface area contributed by atoms with Crippen LogP contribution in [0.5, 0.6) is 0 Å². The van der Waals surface area contributed by atoms with Gasteiger partial charge in [-0.1, -0.05) is 94.7 Å². The number of carbonyl (C=O) groups excluding carboxylic acids is 2. The third-order valence-corrected chi connectivity index (χ3v) is 8.30. The van der Waals surface area contributed by atoms with Crippen molar-refractivity contribution < 1.29 is 14.3 Å². The summed E-state index contributed by atoms with van der Waals surface area (Å²) in [6.45, 7) is 14.0. The number of benzene rings is 2. The summed E-state index contributed by atoms with van der Waals surface area (Å²) < 4.78 is 5.66. The van der Waals surface area contributed by atoms with E-state index in [-0.39, 0.29) is 17.7 Å². The van der Waals surface area contributed by atoms with E-state index in [1.165, 1.54) is 19.3 Å². The number of hydrogen-bond donors (Lipinski definition) is 1. The number of carbonyl (C=O) groups is 2. The van der Waals surface area contributed by atoms with E-state index >= 15 is 0 Å². The van der Waals surface area contributed by atoms with Gasteiger partial charge in [-0.05, 0) is 55.9 Å². The largest absolute Gasteiger partial charge is 0.458 e. The average Bonchev–Trinajstić information content (AvgIpc) is 3.47. The molecule has 2 aromatic heterocycles. The first-order valence-corrected chi connectivity index (χ1v) is 16.5. The zero-order valence-corrected chi connectivity index (χ0v) is 28.3. The van der Waals surface area contributed by atoms with Crippen molar-refractivity contribution in [2.24, 2.45) is 0 Å². The summed E-state index contributed by atoms with van der Waals surface area (Å²) in [4.78, 5) is 35.5. The van der Waals surface area contributed by atoms with Gasteiger partial charge in [0.25, 0.3) is 5.91 Å². The molecule has 0 aliphatic carbocycles. The van der Waals surface area contributed by atoms with Gasteiger partial charge in [0.05, 0.1) is 0 Å². The van der Waals surface area contributed by atoms with Crippen LogP contribution in [-0.4, -0.2) is 43.7 Å². The van der Waals surface area contributed by atoms with E-state index in [2.05, 4.69) is 53.2 Å². The molecule has 0 saturated heterocycles. The van der Waals surface area contributed by atoms with E-state index in [0.29, 0.717) is 11.4 Å². The second kappa shape index (κ2) is 14.9. The number of ether oxygens (including phenoxy) is 1. The molecule has 1 atom stereocenters. The molecule has 8 nitrogen and oxygen atoms in total. The van der Waals surface area contributed by atoms with Crippen molar-refractivity contribution in [1.82, 2.24) is 25.5 Å². The normalized spacial score (nSPS) is 12.5. The highest BCUT2D eigenvalue weighted by molar-refractivity contribution is 7.14. The van der Waals surface area contributed by atoms with Crippen LogP contribution in [0.15, 0.2) is 60.9 Å². The number of hydrogen-bond acceptors (Lipinski definition) is 8. The highest BCUT2D eigenvalue weighted by Gasteiger charge is 2.27. The molecule has 45 heavy (non-hydrogen) atoms. The van der Waals surface area contributed by atoms with Crippen LogP contribution in [0, 0.1) is 0 Å². The Balaban J connectivity index is 1.43. The smallest absolute Gasteiger partial charge is 0.329 e. The number of aryl methyl sites for hydroxylation is 1. The van der Waals surface area contributed by atoms with E-state index in [9.17, 15) is 9.59 Å². The molecule has 0 radical (unpaired) electrons. The monoisotopic (exact) mass is 627 g/mol. The van der Waals surface area contributed by atoms with Crippen molar-refractivity contribution >= 4 is 23.2 Å². The topological polar surface area (TPSA) is 107 Å². The predicted molar refractivity (Wildman–Crippen MR) is 180 cm³/mol. The molecular formula is C36H45N5O3S. The zero-order valence-electron chi connectivity index (χ0n) is 27.5. The first-order valence-electron chi connectivity index (χ1n) is 15.7. The number of amides is 1. The Morgan fingerprint density at radius 2 is 1.51 bits per heavy atom. The van der Waals surface area contributed by atoms with Gasteiger partial charge in [-0.3, -0.25) is 4.79 Å². The lowest BCUT2D eigenvalue weighted by Crippen LogP contribution is -2.45. The van der Waals surface area contributed by atoms with Gasteiger partial charge in [0.1, 0.15) is 16.7 Å². The Morgan fingerprint density at radius 3 is 2.11 bits per heavy atom. The molecule has 238 valence electrons. The van der Waals surface area contributed by atoms with Crippen LogP contribution in [0.2, 0.25) is 0 Å². The van der Waals surface area contributed by atoms with Crippen molar-refractivity contribution in [1.29, 1.82) is 0 Å². The third kappa shape index (κ3) is 10.0. The van der Waals surface area contributed by atoms with Gasteiger partial charge in [0, 0.05) is 41.9 Å². The maximum absolute atomic E-state index is 13.2. The van der Waals surface area contributed by atoms with Gasteiger partial charge < -0.3 is 10.1 Å². The number of unbranched alkanes of at least 4 members (excludes halogenated alkanes) is 3. The molecule has 1 amide bonds. The minimum absolute atomic E-state index is 0.0244. The molecule has 0 aliphatic heterocycles. The fourth-order valence-corrected chi connectivity index (χ4v) is 5.57.